The zero-order chi connectivity index (χ0) is 19.1. The lowest BCUT2D eigenvalue weighted by molar-refractivity contribution is 0.00578. The Morgan fingerprint density at radius 2 is 1.92 bits per heavy atom. The number of alkyl halides is 1. The van der Waals surface area contributed by atoms with Gasteiger partial charge in [0.15, 0.2) is 11.6 Å². The van der Waals surface area contributed by atoms with Gasteiger partial charge in [0, 0.05) is 6.54 Å². The fourth-order valence-corrected chi connectivity index (χ4v) is 3.01. The van der Waals surface area contributed by atoms with E-state index in [1.807, 2.05) is 33.8 Å². The summed E-state index contributed by atoms with van der Waals surface area (Å²) in [5, 5.41) is 12.3. The normalized spacial score (nSPS) is 27.2. The Bertz CT molecular complexity index is 720. The molecule has 2 saturated heterocycles. The quantitative estimate of drug-likeness (QED) is 0.833. The molecule has 1 N–H and O–H groups in total. The van der Waals surface area contributed by atoms with E-state index in [-0.39, 0.29) is 17.9 Å². The van der Waals surface area contributed by atoms with Crippen LogP contribution in [0, 0.1) is 17.1 Å². The third-order valence-electron chi connectivity index (χ3n) is 5.33. The molecule has 0 spiro atoms. The van der Waals surface area contributed by atoms with Gasteiger partial charge < -0.3 is 19.4 Å². The van der Waals surface area contributed by atoms with E-state index < -0.39 is 36.4 Å². The van der Waals surface area contributed by atoms with E-state index in [1.165, 1.54) is 12.1 Å². The number of rotatable bonds is 3. The van der Waals surface area contributed by atoms with Crippen molar-refractivity contribution in [2.24, 2.45) is 0 Å². The zero-order valence-corrected chi connectivity index (χ0v) is 15.4. The van der Waals surface area contributed by atoms with Crippen LogP contribution in [0.15, 0.2) is 12.1 Å². The van der Waals surface area contributed by atoms with E-state index >= 15 is 0 Å². The predicted molar refractivity (Wildman–Crippen MR) is 93.6 cm³/mol. The molecule has 2 heterocycles. The Hall–Kier alpha value is -1.69. The fraction of sp³-hybridized carbons (Fsp3) is 0.611. The van der Waals surface area contributed by atoms with Gasteiger partial charge in [-0.15, -0.1) is 0 Å². The number of nitrogens with zero attached hydrogens (tertiary/aromatic N) is 1. The molecule has 3 rings (SSSR count). The standard InChI is InChI=1S/C18H23BF2N2O3/c1-17(2)18(3,4)26-19(25-17)12-7-11(9-22)16(13(20)8-12)24-15-5-6-23-10-14(15)21/h7-8,14-15,23H,5-6,10H2,1-4H3. The highest BCUT2D eigenvalue weighted by atomic mass is 19.1. The van der Waals surface area contributed by atoms with Gasteiger partial charge in [-0.25, -0.2) is 8.78 Å². The lowest BCUT2D eigenvalue weighted by atomic mass is 9.78. The SMILES string of the molecule is CC1(C)OB(c2cc(F)c(OC3CCNCC3F)c(C#N)c2)OC1(C)C. The molecule has 2 unspecified atom stereocenters. The predicted octanol–water partition coefficient (Wildman–Crippen LogP) is 2.08. The molecule has 0 aromatic heterocycles. The third-order valence-corrected chi connectivity index (χ3v) is 5.33. The lowest BCUT2D eigenvalue weighted by Gasteiger charge is -2.32. The van der Waals surface area contributed by atoms with Crippen molar-refractivity contribution < 1.29 is 22.8 Å². The topological polar surface area (TPSA) is 63.5 Å². The van der Waals surface area contributed by atoms with Gasteiger partial charge in [-0.2, -0.15) is 5.26 Å². The summed E-state index contributed by atoms with van der Waals surface area (Å²) in [7, 11) is -0.788. The number of nitriles is 1. The van der Waals surface area contributed by atoms with Crippen molar-refractivity contribution >= 4 is 12.6 Å². The van der Waals surface area contributed by atoms with E-state index in [4.69, 9.17) is 14.0 Å². The van der Waals surface area contributed by atoms with Gasteiger partial charge >= 0.3 is 7.12 Å². The number of hydrogen-bond donors (Lipinski definition) is 1. The van der Waals surface area contributed by atoms with Gasteiger partial charge in [-0.1, -0.05) is 0 Å². The van der Waals surface area contributed by atoms with Gasteiger partial charge in [0.05, 0.1) is 16.8 Å². The molecule has 0 aliphatic carbocycles. The second kappa shape index (κ2) is 6.80. The number of halogens is 2. The van der Waals surface area contributed by atoms with Gasteiger partial charge in [0.1, 0.15) is 18.3 Å². The Labute approximate surface area is 152 Å². The molecule has 2 fully saturated rings. The maximum absolute atomic E-state index is 14.7. The van der Waals surface area contributed by atoms with E-state index in [1.54, 1.807) is 0 Å². The molecular formula is C18H23BF2N2O3. The molecule has 26 heavy (non-hydrogen) atoms. The van der Waals surface area contributed by atoms with Crippen LogP contribution in [0.1, 0.15) is 39.7 Å². The highest BCUT2D eigenvalue weighted by molar-refractivity contribution is 6.62. The molecule has 5 nitrogen and oxygen atoms in total. The van der Waals surface area contributed by atoms with Gasteiger partial charge in [0.25, 0.3) is 0 Å². The summed E-state index contributed by atoms with van der Waals surface area (Å²) >= 11 is 0. The first-order valence-corrected chi connectivity index (χ1v) is 8.75. The molecule has 2 atom stereocenters. The van der Waals surface area contributed by atoms with Gasteiger partial charge in [-0.3, -0.25) is 0 Å². The maximum atomic E-state index is 14.7. The highest BCUT2D eigenvalue weighted by Gasteiger charge is 2.52. The minimum atomic E-state index is -1.25. The third kappa shape index (κ3) is 3.44. The summed E-state index contributed by atoms with van der Waals surface area (Å²) in [6.07, 6.45) is -1.62. The monoisotopic (exact) mass is 364 g/mol. The number of piperidine rings is 1. The van der Waals surface area contributed by atoms with Crippen LogP contribution in [0.2, 0.25) is 0 Å². The summed E-state index contributed by atoms with van der Waals surface area (Å²) in [5.74, 6) is -0.943. The van der Waals surface area contributed by atoms with Crippen LogP contribution < -0.4 is 15.5 Å². The van der Waals surface area contributed by atoms with E-state index in [9.17, 15) is 14.0 Å². The van der Waals surface area contributed by atoms with Crippen molar-refractivity contribution in [2.75, 3.05) is 13.1 Å². The van der Waals surface area contributed by atoms with Crippen molar-refractivity contribution in [2.45, 2.75) is 57.6 Å². The minimum Gasteiger partial charge on any atom is -0.483 e. The molecule has 8 heteroatoms. The number of benzene rings is 1. The average Bonchev–Trinajstić information content (AvgIpc) is 2.79. The lowest BCUT2D eigenvalue weighted by Crippen LogP contribution is -2.44. The molecule has 0 radical (unpaired) electrons. The molecule has 140 valence electrons. The van der Waals surface area contributed by atoms with Crippen LogP contribution in [0.5, 0.6) is 5.75 Å². The number of ether oxygens (including phenoxy) is 1. The second-order valence-corrected chi connectivity index (χ2v) is 7.74. The number of nitrogens with one attached hydrogen (secondary N) is 1. The van der Waals surface area contributed by atoms with Crippen LogP contribution in [-0.4, -0.2) is 43.7 Å². The molecule has 1 aromatic rings. The average molecular weight is 364 g/mol. The summed E-state index contributed by atoms with van der Waals surface area (Å²) in [6.45, 7) is 8.31. The summed E-state index contributed by atoms with van der Waals surface area (Å²) < 4.78 is 46.0. The Morgan fingerprint density at radius 3 is 2.50 bits per heavy atom. The van der Waals surface area contributed by atoms with Crippen LogP contribution in [0.4, 0.5) is 8.78 Å². The van der Waals surface area contributed by atoms with E-state index in [0.717, 1.165) is 0 Å². The van der Waals surface area contributed by atoms with Crippen molar-refractivity contribution in [3.05, 3.63) is 23.5 Å². The van der Waals surface area contributed by atoms with Gasteiger partial charge in [0.2, 0.25) is 0 Å². The Kier molecular flexibility index (Phi) is 4.99. The van der Waals surface area contributed by atoms with Crippen LogP contribution in [-0.2, 0) is 9.31 Å². The zero-order valence-electron chi connectivity index (χ0n) is 15.4. The summed E-state index contributed by atoms with van der Waals surface area (Å²) in [5.41, 5.74) is -0.758. The smallest absolute Gasteiger partial charge is 0.483 e. The first-order valence-electron chi connectivity index (χ1n) is 8.75. The van der Waals surface area contributed by atoms with Crippen LogP contribution in [0.25, 0.3) is 0 Å². The number of hydrogen-bond acceptors (Lipinski definition) is 5. The van der Waals surface area contributed by atoms with Crippen molar-refractivity contribution in [3.63, 3.8) is 0 Å². The first-order chi connectivity index (χ1) is 12.1. The largest absolute Gasteiger partial charge is 0.494 e. The van der Waals surface area contributed by atoms with Gasteiger partial charge in [-0.05, 0) is 58.3 Å². The Balaban J connectivity index is 1.88. The molecule has 0 bridgehead atoms. The molecule has 1 aromatic carbocycles. The summed E-state index contributed by atoms with van der Waals surface area (Å²) in [4.78, 5) is 0. The van der Waals surface area contributed by atoms with Crippen molar-refractivity contribution in [1.82, 2.24) is 5.32 Å². The van der Waals surface area contributed by atoms with Crippen molar-refractivity contribution in [1.29, 1.82) is 5.26 Å². The molecule has 0 amide bonds. The molecule has 0 saturated carbocycles. The van der Waals surface area contributed by atoms with E-state index in [2.05, 4.69) is 5.32 Å². The molecule has 2 aliphatic rings. The Morgan fingerprint density at radius 1 is 1.27 bits per heavy atom. The molecule has 2 aliphatic heterocycles. The second-order valence-electron chi connectivity index (χ2n) is 7.74. The highest BCUT2D eigenvalue weighted by Crippen LogP contribution is 2.37. The van der Waals surface area contributed by atoms with Crippen LogP contribution in [0.3, 0.4) is 0 Å². The molecular weight excluding hydrogens is 341 g/mol. The first kappa shape index (κ1) is 19.1. The van der Waals surface area contributed by atoms with E-state index in [0.29, 0.717) is 18.4 Å². The summed E-state index contributed by atoms with van der Waals surface area (Å²) in [6, 6.07) is 4.64. The van der Waals surface area contributed by atoms with Crippen molar-refractivity contribution in [3.8, 4) is 11.8 Å². The fourth-order valence-electron chi connectivity index (χ4n) is 3.01. The maximum Gasteiger partial charge on any atom is 0.494 e. The minimum absolute atomic E-state index is 0.000412. The van der Waals surface area contributed by atoms with Crippen LogP contribution >= 0.6 is 0 Å².